The fourth-order valence-electron chi connectivity index (χ4n) is 2.65. The summed E-state index contributed by atoms with van der Waals surface area (Å²) < 4.78 is 5.42. The highest BCUT2D eigenvalue weighted by molar-refractivity contribution is 8.00. The van der Waals surface area contributed by atoms with Crippen LogP contribution in [0.1, 0.15) is 6.42 Å². The molecule has 1 aliphatic rings. The van der Waals surface area contributed by atoms with Crippen LogP contribution in [0.3, 0.4) is 0 Å². The topological polar surface area (TPSA) is 41.6 Å². The largest absolute Gasteiger partial charge is 0.495 e. The Morgan fingerprint density at radius 2 is 2.36 bits per heavy atom. The lowest BCUT2D eigenvalue weighted by molar-refractivity contribution is -0.118. The third-order valence-corrected chi connectivity index (χ3v) is 4.71. The quantitative estimate of drug-likeness (QED) is 0.590. The zero-order valence-corrected chi connectivity index (χ0v) is 13.9. The van der Waals surface area contributed by atoms with Crippen LogP contribution in [0, 0.1) is 5.92 Å². The van der Waals surface area contributed by atoms with E-state index in [1.54, 1.807) is 18.9 Å². The standard InChI is InChI=1S/C17H24N2O2S/c1-3-10-22-13-17(20)18-11-14-8-9-19(12-14)15-6-4-5-7-16(15)21-2/h3-7,14H,1,8-13H2,2H3,(H,18,20). The first-order valence-electron chi connectivity index (χ1n) is 7.58. The molecule has 0 spiro atoms. The second-order valence-corrected chi connectivity index (χ2v) is 6.41. The van der Waals surface area contributed by atoms with Crippen LogP contribution in [0.25, 0.3) is 0 Å². The van der Waals surface area contributed by atoms with E-state index in [9.17, 15) is 4.79 Å². The van der Waals surface area contributed by atoms with E-state index in [1.165, 1.54) is 0 Å². The van der Waals surface area contributed by atoms with Crippen molar-refractivity contribution in [3.8, 4) is 5.75 Å². The number of thioether (sulfide) groups is 1. The number of para-hydroxylation sites is 2. The Bertz CT molecular complexity index is 507. The first-order valence-corrected chi connectivity index (χ1v) is 8.73. The van der Waals surface area contributed by atoms with Crippen LogP contribution >= 0.6 is 11.8 Å². The second-order valence-electron chi connectivity index (χ2n) is 5.38. The average Bonchev–Trinajstić information content (AvgIpc) is 3.02. The van der Waals surface area contributed by atoms with Crippen molar-refractivity contribution >= 4 is 23.4 Å². The molecule has 0 saturated carbocycles. The van der Waals surface area contributed by atoms with E-state index in [2.05, 4.69) is 22.9 Å². The van der Waals surface area contributed by atoms with Gasteiger partial charge in [-0.2, -0.15) is 0 Å². The van der Waals surface area contributed by atoms with Gasteiger partial charge < -0.3 is 15.0 Å². The number of amides is 1. The SMILES string of the molecule is C=CCSCC(=O)NCC1CCN(c2ccccc2OC)C1. The van der Waals surface area contributed by atoms with Gasteiger partial charge in [0.05, 0.1) is 18.6 Å². The van der Waals surface area contributed by atoms with Crippen molar-refractivity contribution in [1.82, 2.24) is 5.32 Å². The molecule has 0 aromatic heterocycles. The molecule has 0 bridgehead atoms. The molecule has 1 saturated heterocycles. The molecule has 2 rings (SSSR count). The molecule has 1 unspecified atom stereocenters. The maximum Gasteiger partial charge on any atom is 0.230 e. The van der Waals surface area contributed by atoms with Crippen LogP contribution in [0.5, 0.6) is 5.75 Å². The highest BCUT2D eigenvalue weighted by Crippen LogP contribution is 2.31. The molecule has 5 heteroatoms. The number of methoxy groups -OCH3 is 1. The van der Waals surface area contributed by atoms with Crippen LogP contribution in [-0.4, -0.2) is 44.2 Å². The number of anilines is 1. The van der Waals surface area contributed by atoms with Crippen LogP contribution in [-0.2, 0) is 4.79 Å². The summed E-state index contributed by atoms with van der Waals surface area (Å²) in [6.07, 6.45) is 2.91. The number of hydrogen-bond donors (Lipinski definition) is 1. The summed E-state index contributed by atoms with van der Waals surface area (Å²) in [6.45, 7) is 6.36. The first-order chi connectivity index (χ1) is 10.7. The molecule has 1 amide bonds. The maximum atomic E-state index is 11.7. The number of benzene rings is 1. The van der Waals surface area contributed by atoms with Crippen molar-refractivity contribution in [1.29, 1.82) is 0 Å². The Morgan fingerprint density at radius 1 is 1.55 bits per heavy atom. The fourth-order valence-corrected chi connectivity index (χ4v) is 3.23. The van der Waals surface area contributed by atoms with E-state index < -0.39 is 0 Å². The summed E-state index contributed by atoms with van der Waals surface area (Å²) in [7, 11) is 1.70. The molecule has 1 atom stereocenters. The summed E-state index contributed by atoms with van der Waals surface area (Å²) in [4.78, 5) is 14.1. The van der Waals surface area contributed by atoms with E-state index in [0.29, 0.717) is 11.7 Å². The molecule has 120 valence electrons. The highest BCUT2D eigenvalue weighted by Gasteiger charge is 2.24. The van der Waals surface area contributed by atoms with E-state index >= 15 is 0 Å². The summed E-state index contributed by atoms with van der Waals surface area (Å²) in [5.41, 5.74) is 1.14. The normalized spacial score (nSPS) is 17.3. The number of nitrogens with one attached hydrogen (secondary N) is 1. The number of carbonyl (C=O) groups is 1. The third-order valence-electron chi connectivity index (χ3n) is 3.77. The minimum Gasteiger partial charge on any atom is -0.495 e. The maximum absolute atomic E-state index is 11.7. The van der Waals surface area contributed by atoms with Crippen LogP contribution in [0.4, 0.5) is 5.69 Å². The molecule has 1 N–H and O–H groups in total. The Hall–Kier alpha value is -1.62. The number of hydrogen-bond acceptors (Lipinski definition) is 4. The number of carbonyl (C=O) groups excluding carboxylic acids is 1. The van der Waals surface area contributed by atoms with Gasteiger partial charge in [-0.1, -0.05) is 18.2 Å². The summed E-state index contributed by atoms with van der Waals surface area (Å²) in [5, 5.41) is 3.03. The lowest BCUT2D eigenvalue weighted by Gasteiger charge is -2.21. The van der Waals surface area contributed by atoms with E-state index in [1.807, 2.05) is 24.3 Å². The van der Waals surface area contributed by atoms with Gasteiger partial charge in [-0.25, -0.2) is 0 Å². The van der Waals surface area contributed by atoms with Crippen LogP contribution in [0.15, 0.2) is 36.9 Å². The van der Waals surface area contributed by atoms with Crippen molar-refractivity contribution in [2.45, 2.75) is 6.42 Å². The van der Waals surface area contributed by atoms with Crippen molar-refractivity contribution in [3.63, 3.8) is 0 Å². The van der Waals surface area contributed by atoms with Crippen molar-refractivity contribution in [2.75, 3.05) is 43.1 Å². The van der Waals surface area contributed by atoms with Gasteiger partial charge >= 0.3 is 0 Å². The Morgan fingerprint density at radius 3 is 3.14 bits per heavy atom. The van der Waals surface area contributed by atoms with Gasteiger partial charge in [-0.15, -0.1) is 18.3 Å². The zero-order chi connectivity index (χ0) is 15.8. The molecule has 1 fully saturated rings. The molecule has 0 radical (unpaired) electrons. The molecule has 22 heavy (non-hydrogen) atoms. The Kier molecular flexibility index (Phi) is 6.65. The fraction of sp³-hybridized carbons (Fsp3) is 0.471. The lowest BCUT2D eigenvalue weighted by Crippen LogP contribution is -2.32. The van der Waals surface area contributed by atoms with Gasteiger partial charge in [-0.05, 0) is 24.5 Å². The van der Waals surface area contributed by atoms with Gasteiger partial charge in [0.1, 0.15) is 5.75 Å². The van der Waals surface area contributed by atoms with E-state index in [-0.39, 0.29) is 5.91 Å². The number of ether oxygens (including phenoxy) is 1. The van der Waals surface area contributed by atoms with Gasteiger partial charge in [-0.3, -0.25) is 4.79 Å². The molecule has 1 aromatic carbocycles. The monoisotopic (exact) mass is 320 g/mol. The molecule has 0 aliphatic carbocycles. The summed E-state index contributed by atoms with van der Waals surface area (Å²) in [5.74, 6) is 2.85. The molecular weight excluding hydrogens is 296 g/mol. The number of rotatable bonds is 8. The predicted octanol–water partition coefficient (Wildman–Crippen LogP) is 2.56. The molecule has 1 heterocycles. The van der Waals surface area contributed by atoms with Gasteiger partial charge in [0.25, 0.3) is 0 Å². The molecule has 4 nitrogen and oxygen atoms in total. The van der Waals surface area contributed by atoms with E-state index in [0.717, 1.165) is 43.2 Å². The first kappa shape index (κ1) is 16.7. The van der Waals surface area contributed by atoms with Crippen LogP contribution in [0.2, 0.25) is 0 Å². The second kappa shape index (κ2) is 8.73. The minimum absolute atomic E-state index is 0.114. The van der Waals surface area contributed by atoms with Crippen LogP contribution < -0.4 is 15.0 Å². The summed E-state index contributed by atoms with van der Waals surface area (Å²) in [6, 6.07) is 8.09. The van der Waals surface area contributed by atoms with Crippen molar-refractivity contribution < 1.29 is 9.53 Å². The third kappa shape index (κ3) is 4.70. The average molecular weight is 320 g/mol. The van der Waals surface area contributed by atoms with Crippen molar-refractivity contribution in [2.24, 2.45) is 5.92 Å². The van der Waals surface area contributed by atoms with Gasteiger partial charge in [0.15, 0.2) is 0 Å². The molecule has 1 aromatic rings. The summed E-state index contributed by atoms with van der Waals surface area (Å²) >= 11 is 1.59. The number of nitrogens with zero attached hydrogens (tertiary/aromatic N) is 1. The van der Waals surface area contributed by atoms with Gasteiger partial charge in [0, 0.05) is 25.4 Å². The predicted molar refractivity (Wildman–Crippen MR) is 93.8 cm³/mol. The smallest absolute Gasteiger partial charge is 0.230 e. The van der Waals surface area contributed by atoms with Crippen molar-refractivity contribution in [3.05, 3.63) is 36.9 Å². The Balaban J connectivity index is 1.78. The minimum atomic E-state index is 0.114. The molecular formula is C17H24N2O2S. The van der Waals surface area contributed by atoms with E-state index in [4.69, 9.17) is 4.74 Å². The molecule has 1 aliphatic heterocycles. The lowest BCUT2D eigenvalue weighted by atomic mass is 10.1. The Labute approximate surface area is 136 Å². The zero-order valence-electron chi connectivity index (χ0n) is 13.1. The highest BCUT2D eigenvalue weighted by atomic mass is 32.2. The van der Waals surface area contributed by atoms with Gasteiger partial charge in [0.2, 0.25) is 5.91 Å².